The molecule has 0 unspecified atom stereocenters. The average molecular weight is 433 g/mol. The summed E-state index contributed by atoms with van der Waals surface area (Å²) in [4.78, 5) is 4.25. The molecule has 0 amide bonds. The largest absolute Gasteiger partial charge is 0.496 e. The number of fused-ring (bicyclic) bond motifs is 1. The monoisotopic (exact) mass is 432 g/mol. The van der Waals surface area contributed by atoms with E-state index in [-0.39, 0.29) is 15.6 Å². The van der Waals surface area contributed by atoms with Gasteiger partial charge in [0.25, 0.3) is 10.0 Å². The van der Waals surface area contributed by atoms with E-state index in [1.807, 2.05) is 6.07 Å². The van der Waals surface area contributed by atoms with Crippen molar-refractivity contribution in [3.8, 4) is 16.9 Å². The van der Waals surface area contributed by atoms with Gasteiger partial charge in [-0.1, -0.05) is 11.6 Å². The zero-order valence-electron chi connectivity index (χ0n) is 15.0. The number of aromatic nitrogens is 3. The third-order valence-corrected chi connectivity index (χ3v) is 5.80. The molecule has 2 aromatic carbocycles. The van der Waals surface area contributed by atoms with Crippen molar-refractivity contribution in [2.75, 3.05) is 11.8 Å². The molecule has 2 N–H and O–H groups in total. The van der Waals surface area contributed by atoms with E-state index in [9.17, 15) is 12.8 Å². The Bertz CT molecular complexity index is 1300. The van der Waals surface area contributed by atoms with Crippen molar-refractivity contribution >= 4 is 38.3 Å². The number of anilines is 1. The van der Waals surface area contributed by atoms with Crippen molar-refractivity contribution in [2.45, 2.75) is 4.90 Å². The van der Waals surface area contributed by atoms with Crippen LogP contribution in [0.1, 0.15) is 0 Å². The Labute approximate surface area is 170 Å². The summed E-state index contributed by atoms with van der Waals surface area (Å²) >= 11 is 5.80. The second-order valence-corrected chi connectivity index (χ2v) is 8.28. The highest BCUT2D eigenvalue weighted by molar-refractivity contribution is 7.92. The number of rotatable bonds is 5. The predicted octanol–water partition coefficient (Wildman–Crippen LogP) is 4.23. The number of aromatic amines is 1. The second kappa shape index (κ2) is 7.34. The van der Waals surface area contributed by atoms with Gasteiger partial charge in [0.15, 0.2) is 5.65 Å². The van der Waals surface area contributed by atoms with Gasteiger partial charge in [-0.25, -0.2) is 17.8 Å². The number of pyridine rings is 1. The summed E-state index contributed by atoms with van der Waals surface area (Å²) in [7, 11) is -2.51. The zero-order chi connectivity index (χ0) is 20.6. The van der Waals surface area contributed by atoms with Gasteiger partial charge < -0.3 is 4.74 Å². The van der Waals surface area contributed by atoms with E-state index in [1.54, 1.807) is 18.5 Å². The molecule has 10 heteroatoms. The molecule has 148 valence electrons. The van der Waals surface area contributed by atoms with Crippen molar-refractivity contribution < 1.29 is 17.5 Å². The smallest absolute Gasteiger partial charge is 0.261 e. The van der Waals surface area contributed by atoms with Gasteiger partial charge in [-0.3, -0.25) is 9.82 Å². The lowest BCUT2D eigenvalue weighted by Gasteiger charge is -2.13. The topological polar surface area (TPSA) is 97.0 Å². The van der Waals surface area contributed by atoms with E-state index in [1.165, 1.54) is 25.3 Å². The van der Waals surface area contributed by atoms with Crippen LogP contribution >= 0.6 is 11.6 Å². The Kier molecular flexibility index (Phi) is 4.85. The Morgan fingerprint density at radius 3 is 2.72 bits per heavy atom. The SMILES string of the molecule is COc1ccc(S(=O)(=O)Nc2cc(F)cc(Cl)c2)cc1-c1cnc2[nH]ncc2c1. The van der Waals surface area contributed by atoms with Gasteiger partial charge >= 0.3 is 0 Å². The summed E-state index contributed by atoms with van der Waals surface area (Å²) in [5.41, 5.74) is 1.82. The standard InChI is InChI=1S/C19H14ClFN4O3S/c1-28-18-3-2-16(29(26,27)25-15-6-13(20)5-14(21)7-15)8-17(18)11-4-12-10-23-24-19(12)22-9-11/h2-10,25H,1H3,(H,22,23,24). The van der Waals surface area contributed by atoms with Crippen LogP contribution in [0.5, 0.6) is 5.75 Å². The number of ether oxygens (including phenoxy) is 1. The molecule has 0 saturated carbocycles. The third-order valence-electron chi connectivity index (χ3n) is 4.20. The summed E-state index contributed by atoms with van der Waals surface area (Å²) in [6, 6.07) is 9.68. The highest BCUT2D eigenvalue weighted by Crippen LogP contribution is 2.33. The van der Waals surface area contributed by atoms with Crippen LogP contribution in [-0.2, 0) is 10.0 Å². The number of nitrogens with one attached hydrogen (secondary N) is 2. The third kappa shape index (κ3) is 3.87. The minimum atomic E-state index is -4.00. The molecule has 2 heterocycles. The maximum Gasteiger partial charge on any atom is 0.261 e. The first-order valence-corrected chi connectivity index (χ1v) is 10.2. The maximum atomic E-state index is 13.5. The molecule has 0 aliphatic rings. The minimum Gasteiger partial charge on any atom is -0.496 e. The molecule has 0 aliphatic carbocycles. The lowest BCUT2D eigenvalue weighted by atomic mass is 10.1. The molecule has 29 heavy (non-hydrogen) atoms. The van der Waals surface area contributed by atoms with Crippen LogP contribution in [0.4, 0.5) is 10.1 Å². The highest BCUT2D eigenvalue weighted by atomic mass is 35.5. The number of hydrogen-bond acceptors (Lipinski definition) is 5. The predicted molar refractivity (Wildman–Crippen MR) is 108 cm³/mol. The van der Waals surface area contributed by atoms with Crippen LogP contribution in [0.3, 0.4) is 0 Å². The van der Waals surface area contributed by atoms with Crippen molar-refractivity contribution in [2.24, 2.45) is 0 Å². The van der Waals surface area contributed by atoms with Crippen LogP contribution < -0.4 is 9.46 Å². The van der Waals surface area contributed by atoms with Gasteiger partial charge in [-0.2, -0.15) is 5.10 Å². The Morgan fingerprint density at radius 2 is 1.97 bits per heavy atom. The van der Waals surface area contributed by atoms with Gasteiger partial charge in [-0.05, 0) is 42.5 Å². The molecule has 2 aromatic heterocycles. The van der Waals surface area contributed by atoms with Crippen LogP contribution in [0.15, 0.2) is 59.8 Å². The minimum absolute atomic E-state index is 0.0221. The first-order chi connectivity index (χ1) is 13.9. The Balaban J connectivity index is 1.77. The van der Waals surface area contributed by atoms with Gasteiger partial charge in [0, 0.05) is 27.7 Å². The fraction of sp³-hybridized carbons (Fsp3) is 0.0526. The molecule has 0 fully saturated rings. The van der Waals surface area contributed by atoms with Crippen molar-refractivity contribution in [3.05, 3.63) is 65.7 Å². The molecule has 7 nitrogen and oxygen atoms in total. The van der Waals surface area contributed by atoms with Crippen molar-refractivity contribution in [1.29, 1.82) is 0 Å². The number of nitrogens with zero attached hydrogens (tertiary/aromatic N) is 2. The lowest BCUT2D eigenvalue weighted by Crippen LogP contribution is -2.13. The number of sulfonamides is 1. The van der Waals surface area contributed by atoms with Crippen molar-refractivity contribution in [1.82, 2.24) is 15.2 Å². The first-order valence-electron chi connectivity index (χ1n) is 8.32. The van der Waals surface area contributed by atoms with Crippen LogP contribution in [0, 0.1) is 5.82 Å². The molecule has 4 rings (SSSR count). The summed E-state index contributed by atoms with van der Waals surface area (Å²) in [5.74, 6) is -0.174. The number of hydrogen-bond donors (Lipinski definition) is 2. The summed E-state index contributed by atoms with van der Waals surface area (Å²) in [6.07, 6.45) is 3.21. The van der Waals surface area contributed by atoms with Gasteiger partial charge in [0.05, 0.1) is 23.9 Å². The fourth-order valence-corrected chi connectivity index (χ4v) is 4.18. The van der Waals surface area contributed by atoms with E-state index in [0.717, 1.165) is 17.5 Å². The average Bonchev–Trinajstić information content (AvgIpc) is 3.14. The molecule has 0 atom stereocenters. The molecule has 0 saturated heterocycles. The van der Waals surface area contributed by atoms with Gasteiger partial charge in [0.2, 0.25) is 0 Å². The van der Waals surface area contributed by atoms with E-state index >= 15 is 0 Å². The summed E-state index contributed by atoms with van der Waals surface area (Å²) in [5, 5.41) is 7.54. The summed E-state index contributed by atoms with van der Waals surface area (Å²) in [6.45, 7) is 0. The number of H-pyrrole nitrogens is 1. The van der Waals surface area contributed by atoms with Crippen molar-refractivity contribution in [3.63, 3.8) is 0 Å². The zero-order valence-corrected chi connectivity index (χ0v) is 16.6. The van der Waals surface area contributed by atoms with E-state index < -0.39 is 15.8 Å². The molecule has 0 bridgehead atoms. The first kappa shape index (κ1) is 19.2. The van der Waals surface area contributed by atoms with Crippen LogP contribution in [-0.4, -0.2) is 30.7 Å². The number of methoxy groups -OCH3 is 1. The van der Waals surface area contributed by atoms with E-state index in [2.05, 4.69) is 19.9 Å². The molecular weight excluding hydrogens is 419 g/mol. The molecular formula is C19H14ClFN4O3S. The quantitative estimate of drug-likeness (QED) is 0.492. The van der Waals surface area contributed by atoms with Crippen LogP contribution in [0.2, 0.25) is 5.02 Å². The molecule has 0 radical (unpaired) electrons. The van der Waals surface area contributed by atoms with Gasteiger partial charge in [-0.15, -0.1) is 0 Å². The number of halogens is 2. The molecule has 0 spiro atoms. The molecule has 0 aliphatic heterocycles. The maximum absolute atomic E-state index is 13.5. The van der Waals surface area contributed by atoms with E-state index in [0.29, 0.717) is 22.5 Å². The highest BCUT2D eigenvalue weighted by Gasteiger charge is 2.19. The summed E-state index contributed by atoms with van der Waals surface area (Å²) < 4.78 is 46.9. The van der Waals surface area contributed by atoms with Gasteiger partial charge in [0.1, 0.15) is 11.6 Å². The lowest BCUT2D eigenvalue weighted by molar-refractivity contribution is 0.416. The second-order valence-electron chi connectivity index (χ2n) is 6.16. The molecule has 4 aromatic rings. The van der Waals surface area contributed by atoms with E-state index in [4.69, 9.17) is 16.3 Å². The normalized spacial score (nSPS) is 11.6. The fourth-order valence-electron chi connectivity index (χ4n) is 2.89. The number of benzene rings is 2. The van der Waals surface area contributed by atoms with Crippen LogP contribution in [0.25, 0.3) is 22.2 Å². The Morgan fingerprint density at radius 1 is 1.14 bits per heavy atom. The Hall–Kier alpha value is -3.17.